The van der Waals surface area contributed by atoms with E-state index in [9.17, 15) is 0 Å². The number of aryl methyl sites for hydroxylation is 2. The number of aromatic nitrogens is 4. The molecule has 10 heteroatoms. The molecule has 0 aliphatic carbocycles. The lowest BCUT2D eigenvalue weighted by molar-refractivity contribution is -1.92. The van der Waals surface area contributed by atoms with Gasteiger partial charge in [-0.3, -0.25) is 5.41 Å². The van der Waals surface area contributed by atoms with Gasteiger partial charge in [0.25, 0.3) is 0 Å². The van der Waals surface area contributed by atoms with Crippen LogP contribution in [-0.4, -0.2) is 23.8 Å². The van der Waals surface area contributed by atoms with Crippen molar-refractivity contribution in [2.75, 3.05) is 0 Å². The summed E-state index contributed by atoms with van der Waals surface area (Å²) in [7, 11) is -1.05. The van der Waals surface area contributed by atoms with E-state index in [2.05, 4.69) is 9.97 Å². The standard InChI is InChI=1S/C7H9N5.ClHO4/c1-11-4-10-7-5(6(11)8)9-3-12(7)2;2-1(3,4)5/h3-4,8H,1-2H3;(H,2,3,4,5). The highest BCUT2D eigenvalue weighted by molar-refractivity contribution is 5.68. The Morgan fingerprint density at radius 2 is 1.65 bits per heavy atom. The van der Waals surface area contributed by atoms with Crippen molar-refractivity contribution in [1.82, 2.24) is 19.1 Å². The Morgan fingerprint density at radius 3 is 2.18 bits per heavy atom. The van der Waals surface area contributed by atoms with Crippen LogP contribution < -0.4 is 19.5 Å². The van der Waals surface area contributed by atoms with E-state index in [0.717, 1.165) is 5.65 Å². The van der Waals surface area contributed by atoms with Crippen molar-refractivity contribution >= 4 is 11.2 Å². The molecule has 0 saturated heterocycles. The number of rotatable bonds is 0. The lowest BCUT2D eigenvalue weighted by Gasteiger charge is -2.03. The Hall–Kier alpha value is -1.52. The van der Waals surface area contributed by atoms with Gasteiger partial charge in [-0.25, -0.2) is 9.97 Å². The number of imidazole rings is 1. The highest BCUT2D eigenvalue weighted by Gasteiger charge is 2.02. The summed E-state index contributed by atoms with van der Waals surface area (Å²) in [4.78, 5) is 8.22. The molecular weight excluding hydrogens is 254 g/mol. The summed E-state index contributed by atoms with van der Waals surface area (Å²) in [6.07, 6.45) is 3.28. The minimum Gasteiger partial charge on any atom is -0.319 e. The molecule has 0 fully saturated rings. The first-order chi connectivity index (χ1) is 7.70. The van der Waals surface area contributed by atoms with Gasteiger partial charge >= 0.3 is 0 Å². The lowest BCUT2D eigenvalue weighted by Crippen LogP contribution is -2.58. The van der Waals surface area contributed by atoms with Crippen molar-refractivity contribution in [3.05, 3.63) is 18.1 Å². The van der Waals surface area contributed by atoms with Crippen LogP contribution in [-0.2, 0) is 14.1 Å². The molecule has 2 N–H and O–H groups in total. The summed E-state index contributed by atoms with van der Waals surface area (Å²) >= 11 is 0. The van der Waals surface area contributed by atoms with E-state index in [1.165, 1.54) is 0 Å². The quantitative estimate of drug-likeness (QED) is 0.491. The van der Waals surface area contributed by atoms with Gasteiger partial charge in [0.05, 0.1) is 27.6 Å². The molecule has 17 heavy (non-hydrogen) atoms. The third-order valence-electron chi connectivity index (χ3n) is 1.84. The minimum absolute atomic E-state index is 0.389. The molecule has 0 unspecified atom stereocenters. The predicted molar refractivity (Wildman–Crippen MR) is 45.6 cm³/mol. The lowest BCUT2D eigenvalue weighted by atomic mass is 10.5. The molecule has 0 spiro atoms. The van der Waals surface area contributed by atoms with Crippen LogP contribution in [0, 0.1) is 15.7 Å². The SMILES string of the molecule is Cn1cnc2c(ncn2C)c1=N.[O-][Cl+3]([O-])([O-])O. The van der Waals surface area contributed by atoms with Crippen molar-refractivity contribution in [3.63, 3.8) is 0 Å². The maximum Gasteiger partial charge on any atom is 0.165 e. The molecule has 0 aliphatic rings. The second-order valence-electron chi connectivity index (χ2n) is 3.13. The van der Waals surface area contributed by atoms with E-state index in [1.54, 1.807) is 28.8 Å². The minimum atomic E-state index is -4.69. The number of nitrogens with one attached hydrogen (secondary N) is 1. The van der Waals surface area contributed by atoms with Gasteiger partial charge in [0.1, 0.15) is 5.52 Å². The average Bonchev–Trinajstić information content (AvgIpc) is 2.52. The molecule has 94 valence electrons. The zero-order valence-corrected chi connectivity index (χ0v) is 9.75. The summed E-state index contributed by atoms with van der Waals surface area (Å²) in [6, 6.07) is 0. The summed E-state index contributed by atoms with van der Waals surface area (Å²) in [6.45, 7) is 0. The Kier molecular flexibility index (Phi) is 3.80. The molecular formula is C7H10ClN5O4. The van der Waals surface area contributed by atoms with E-state index in [-0.39, 0.29) is 0 Å². The van der Waals surface area contributed by atoms with Crippen LogP contribution in [0.2, 0.25) is 0 Å². The molecule has 2 aromatic rings. The van der Waals surface area contributed by atoms with Crippen molar-refractivity contribution in [3.8, 4) is 0 Å². The van der Waals surface area contributed by atoms with Crippen LogP contribution in [0.5, 0.6) is 0 Å². The van der Waals surface area contributed by atoms with Crippen molar-refractivity contribution in [2.45, 2.75) is 0 Å². The number of nitrogens with zero attached hydrogens (tertiary/aromatic N) is 4. The van der Waals surface area contributed by atoms with Crippen LogP contribution in [0.1, 0.15) is 0 Å². The Labute approximate surface area is 97.5 Å². The van der Waals surface area contributed by atoms with Crippen molar-refractivity contribution in [1.29, 1.82) is 5.41 Å². The zero-order chi connectivity index (χ0) is 13.2. The zero-order valence-electron chi connectivity index (χ0n) is 8.99. The molecule has 9 nitrogen and oxygen atoms in total. The van der Waals surface area contributed by atoms with E-state index < -0.39 is 10.2 Å². The number of fused-ring (bicyclic) bond motifs is 1. The van der Waals surface area contributed by atoms with E-state index in [0.29, 0.717) is 11.0 Å². The van der Waals surface area contributed by atoms with E-state index in [4.69, 9.17) is 24.0 Å². The van der Waals surface area contributed by atoms with Crippen LogP contribution in [0.4, 0.5) is 0 Å². The maximum atomic E-state index is 8.60. The topological polar surface area (TPSA) is 149 Å². The fourth-order valence-electron chi connectivity index (χ4n) is 1.11. The first kappa shape index (κ1) is 13.5. The number of hydrogen-bond donors (Lipinski definition) is 2. The second kappa shape index (κ2) is 4.77. The molecule has 0 saturated carbocycles. The summed E-state index contributed by atoms with van der Waals surface area (Å²) in [5.41, 5.74) is 1.78. The summed E-state index contributed by atoms with van der Waals surface area (Å²) in [5, 5.41) is 7.65. The fraction of sp³-hybridized carbons (Fsp3) is 0.286. The van der Waals surface area contributed by atoms with Gasteiger partial charge < -0.3 is 9.13 Å². The molecule has 0 aromatic carbocycles. The Bertz CT molecular complexity index is 566. The fourth-order valence-corrected chi connectivity index (χ4v) is 1.11. The largest absolute Gasteiger partial charge is 0.319 e. The number of halogens is 1. The van der Waals surface area contributed by atoms with Gasteiger partial charge in [0.15, 0.2) is 11.1 Å². The van der Waals surface area contributed by atoms with Crippen LogP contribution in [0.3, 0.4) is 0 Å². The first-order valence-corrected chi connectivity index (χ1v) is 5.47. The van der Waals surface area contributed by atoms with Crippen molar-refractivity contribution in [2.24, 2.45) is 14.1 Å². The first-order valence-electron chi connectivity index (χ1n) is 4.20. The average molecular weight is 264 g/mol. The number of hydrogen-bond acceptors (Lipinski definition) is 7. The maximum absolute atomic E-state index is 8.60. The van der Waals surface area contributed by atoms with Gasteiger partial charge in [-0.15, -0.1) is 0 Å². The summed E-state index contributed by atoms with van der Waals surface area (Å²) < 4.78 is 36.2. The normalized spacial score (nSPS) is 11.2. The second-order valence-corrected chi connectivity index (χ2v) is 3.92. The van der Waals surface area contributed by atoms with Gasteiger partial charge in [-0.2, -0.15) is 14.0 Å². The van der Waals surface area contributed by atoms with Crippen molar-refractivity contribution < 1.29 is 28.9 Å². The van der Waals surface area contributed by atoms with Crippen LogP contribution in [0.15, 0.2) is 12.7 Å². The molecule has 2 aromatic heterocycles. The van der Waals surface area contributed by atoms with Gasteiger partial charge in [0, 0.05) is 14.1 Å². The molecule has 2 rings (SSSR count). The van der Waals surface area contributed by atoms with E-state index >= 15 is 0 Å². The smallest absolute Gasteiger partial charge is 0.165 e. The summed E-state index contributed by atoms with van der Waals surface area (Å²) in [5.74, 6) is 0. The third kappa shape index (κ3) is 3.76. The molecule has 0 radical (unpaired) electrons. The highest BCUT2D eigenvalue weighted by atomic mass is 35.7. The highest BCUT2D eigenvalue weighted by Crippen LogP contribution is 2.00. The van der Waals surface area contributed by atoms with Crippen LogP contribution >= 0.6 is 0 Å². The monoisotopic (exact) mass is 263 g/mol. The van der Waals surface area contributed by atoms with E-state index in [1.807, 2.05) is 7.05 Å². The van der Waals surface area contributed by atoms with Gasteiger partial charge in [0.2, 0.25) is 0 Å². The third-order valence-corrected chi connectivity index (χ3v) is 1.84. The molecule has 0 amide bonds. The van der Waals surface area contributed by atoms with Gasteiger partial charge in [-0.1, -0.05) is 0 Å². The molecule has 0 bridgehead atoms. The molecule has 0 atom stereocenters. The van der Waals surface area contributed by atoms with Gasteiger partial charge in [-0.05, 0) is 0 Å². The Morgan fingerprint density at radius 1 is 1.18 bits per heavy atom. The Balaban J connectivity index is 0.000000249. The molecule has 0 aliphatic heterocycles. The van der Waals surface area contributed by atoms with Crippen LogP contribution in [0.25, 0.3) is 11.2 Å². The molecule has 2 heterocycles. The predicted octanol–water partition coefficient (Wildman–Crippen LogP) is -4.34.